The summed E-state index contributed by atoms with van der Waals surface area (Å²) in [6, 6.07) is 30.5. The third-order valence-corrected chi connectivity index (χ3v) is 6.89. The molecule has 4 aromatic carbocycles. The monoisotopic (exact) mass is 525 g/mol. The summed E-state index contributed by atoms with van der Waals surface area (Å²) in [6.45, 7) is 2.07. The summed E-state index contributed by atoms with van der Waals surface area (Å²) >= 11 is 1.73. The lowest BCUT2D eigenvalue weighted by Crippen LogP contribution is -1.86. The second-order valence-corrected chi connectivity index (χ2v) is 9.97. The van der Waals surface area contributed by atoms with Crippen molar-refractivity contribution in [3.8, 4) is 47.4 Å². The lowest BCUT2D eigenvalue weighted by molar-refractivity contribution is 1.42. The molecule has 1 fully saturated rings. The van der Waals surface area contributed by atoms with Crippen LogP contribution in [0.4, 0.5) is 0 Å². The van der Waals surface area contributed by atoms with Crippen molar-refractivity contribution < 1.29 is 0 Å². The van der Waals surface area contributed by atoms with Gasteiger partial charge in [-0.15, -0.1) is 11.8 Å². The molecule has 0 spiro atoms. The zero-order chi connectivity index (χ0) is 27.6. The molecule has 1 aliphatic rings. The van der Waals surface area contributed by atoms with Gasteiger partial charge in [-0.3, -0.25) is 0 Å². The number of thioether (sulfide) groups is 1. The van der Waals surface area contributed by atoms with Crippen LogP contribution in [0.2, 0.25) is 0 Å². The summed E-state index contributed by atoms with van der Waals surface area (Å²) in [5.74, 6) is 26.9. The Morgan fingerprint density at radius 2 is 0.850 bits per heavy atom. The molecule has 0 bridgehead atoms. The highest BCUT2D eigenvalue weighted by Crippen LogP contribution is 2.22. The van der Waals surface area contributed by atoms with Gasteiger partial charge in [-0.1, -0.05) is 47.4 Å². The van der Waals surface area contributed by atoms with E-state index in [9.17, 15) is 0 Å². The van der Waals surface area contributed by atoms with Crippen LogP contribution in [-0.2, 0) is 0 Å². The van der Waals surface area contributed by atoms with Crippen LogP contribution in [0.15, 0.2) is 95.9 Å². The standard InChI is InChI=1S/C39H25S/c1-30-29-37(20-19-36-23-27-39(40-2)28-24-36)22-26-38(30)25-21-35-17-15-34(16-18-35)14-13-33-11-9-32(10-12-33)8-7-31-5-3-4-6-31/h3-6,9-12,15-18,22-24,26-29H,1-2H3. The maximum absolute atomic E-state index is 3.30. The fourth-order valence-electron chi connectivity index (χ4n) is 3.86. The van der Waals surface area contributed by atoms with Crippen LogP contribution >= 0.6 is 11.8 Å². The van der Waals surface area contributed by atoms with Crippen molar-refractivity contribution in [3.05, 3.63) is 167 Å². The Balaban J connectivity index is 1.20. The fraction of sp³-hybridized carbons (Fsp3) is 0.0513. The molecule has 0 saturated heterocycles. The van der Waals surface area contributed by atoms with Crippen LogP contribution < -0.4 is 0 Å². The first kappa shape index (κ1) is 27.1. The van der Waals surface area contributed by atoms with Crippen LogP contribution in [0.5, 0.6) is 0 Å². The highest BCUT2D eigenvalue weighted by molar-refractivity contribution is 7.98. The smallest absolute Gasteiger partial charge is 0.0558 e. The summed E-state index contributed by atoms with van der Waals surface area (Å²) in [6.07, 6.45) is 10.1. The largest absolute Gasteiger partial charge is 0.130 e. The first-order valence-electron chi connectivity index (χ1n) is 12.9. The van der Waals surface area contributed by atoms with Crippen molar-refractivity contribution in [2.24, 2.45) is 0 Å². The molecule has 0 unspecified atom stereocenters. The van der Waals surface area contributed by atoms with Gasteiger partial charge in [0.1, 0.15) is 0 Å². The average molecular weight is 526 g/mol. The molecule has 187 valence electrons. The van der Waals surface area contributed by atoms with Crippen molar-refractivity contribution in [3.63, 3.8) is 0 Å². The maximum atomic E-state index is 3.30. The summed E-state index contributed by atoms with van der Waals surface area (Å²) < 4.78 is 0. The zero-order valence-electron chi connectivity index (χ0n) is 22.4. The van der Waals surface area contributed by atoms with Crippen LogP contribution in [0.1, 0.15) is 44.5 Å². The molecule has 0 aromatic heterocycles. The van der Waals surface area contributed by atoms with E-state index >= 15 is 0 Å². The molecule has 5 radical (unpaired) electrons. The normalized spacial score (nSPS) is 12.1. The van der Waals surface area contributed by atoms with Gasteiger partial charge >= 0.3 is 0 Å². The lowest BCUT2D eigenvalue weighted by atomic mass is 10.0. The van der Waals surface area contributed by atoms with Gasteiger partial charge in [0.05, 0.1) is 5.92 Å². The average Bonchev–Trinajstić information content (AvgIpc) is 3.53. The van der Waals surface area contributed by atoms with E-state index in [0.29, 0.717) is 0 Å². The SMILES string of the molecule is CSc1ccc(C#Cc2ccc(C#Cc3ccc(C#Cc4ccc(C#C[C]5[CH][CH][CH][CH]5)cc4)cc3)c(C)c2)cc1. The first-order chi connectivity index (χ1) is 19.6. The highest BCUT2D eigenvalue weighted by atomic mass is 32.2. The predicted octanol–water partition coefficient (Wildman–Crippen LogP) is 7.67. The fourth-order valence-corrected chi connectivity index (χ4v) is 4.27. The van der Waals surface area contributed by atoms with Gasteiger partial charge in [-0.25, -0.2) is 0 Å². The van der Waals surface area contributed by atoms with Gasteiger partial charge in [0.15, 0.2) is 0 Å². The number of hydrogen-bond acceptors (Lipinski definition) is 1. The van der Waals surface area contributed by atoms with Gasteiger partial charge in [0, 0.05) is 43.8 Å². The van der Waals surface area contributed by atoms with Crippen molar-refractivity contribution in [2.75, 3.05) is 6.26 Å². The Morgan fingerprint density at radius 1 is 0.450 bits per heavy atom. The molecule has 1 heteroatoms. The van der Waals surface area contributed by atoms with Gasteiger partial charge < -0.3 is 0 Å². The number of rotatable bonds is 1. The van der Waals surface area contributed by atoms with E-state index in [0.717, 1.165) is 50.4 Å². The number of aryl methyl sites for hydroxylation is 1. The Labute approximate surface area is 243 Å². The summed E-state index contributed by atoms with van der Waals surface area (Å²) in [5.41, 5.74) is 7.96. The van der Waals surface area contributed by atoms with Crippen LogP contribution in [-0.4, -0.2) is 6.26 Å². The number of hydrogen-bond donors (Lipinski definition) is 0. The Morgan fingerprint density at radius 3 is 1.32 bits per heavy atom. The van der Waals surface area contributed by atoms with E-state index in [1.807, 2.05) is 86.3 Å². The van der Waals surface area contributed by atoms with E-state index in [4.69, 9.17) is 0 Å². The maximum Gasteiger partial charge on any atom is 0.0558 e. The van der Waals surface area contributed by atoms with Crippen molar-refractivity contribution >= 4 is 11.8 Å². The van der Waals surface area contributed by atoms with E-state index in [-0.39, 0.29) is 0 Å². The summed E-state index contributed by atoms with van der Waals surface area (Å²) in [7, 11) is 0. The summed E-state index contributed by atoms with van der Waals surface area (Å²) in [5, 5.41) is 0. The molecule has 1 aliphatic carbocycles. The molecule has 1 saturated carbocycles. The quantitative estimate of drug-likeness (QED) is 0.181. The third kappa shape index (κ3) is 7.75. The molecular weight excluding hydrogens is 500 g/mol. The molecule has 5 rings (SSSR count). The Kier molecular flexibility index (Phi) is 9.13. The van der Waals surface area contributed by atoms with Crippen LogP contribution in [0, 0.1) is 85.9 Å². The molecule has 0 atom stereocenters. The summed E-state index contributed by atoms with van der Waals surface area (Å²) in [4.78, 5) is 1.24. The Hall–Kier alpha value is -4.53. The van der Waals surface area contributed by atoms with E-state index in [1.54, 1.807) is 11.8 Å². The highest BCUT2D eigenvalue weighted by Gasteiger charge is 2.13. The van der Waals surface area contributed by atoms with Gasteiger partial charge in [0.2, 0.25) is 0 Å². The molecule has 4 aromatic rings. The molecule has 0 nitrogen and oxygen atoms in total. The van der Waals surface area contributed by atoms with Gasteiger partial charge in [-0.2, -0.15) is 0 Å². The number of benzene rings is 4. The minimum atomic E-state index is 0.952. The second-order valence-electron chi connectivity index (χ2n) is 9.09. The zero-order valence-corrected chi connectivity index (χ0v) is 23.2. The third-order valence-electron chi connectivity index (χ3n) is 6.14. The lowest BCUT2D eigenvalue weighted by Gasteiger charge is -1.99. The first-order valence-corrected chi connectivity index (χ1v) is 14.1. The van der Waals surface area contributed by atoms with Gasteiger partial charge in [-0.05, 0) is 135 Å². The van der Waals surface area contributed by atoms with E-state index in [1.165, 1.54) is 4.90 Å². The Bertz CT molecular complexity index is 1720. The topological polar surface area (TPSA) is 0 Å². The van der Waals surface area contributed by atoms with Crippen molar-refractivity contribution in [2.45, 2.75) is 11.8 Å². The second kappa shape index (κ2) is 13.5. The minimum absolute atomic E-state index is 0.952. The molecular formula is C39H25S. The van der Waals surface area contributed by atoms with E-state index in [2.05, 4.69) is 90.9 Å². The van der Waals surface area contributed by atoms with Crippen molar-refractivity contribution in [1.82, 2.24) is 0 Å². The van der Waals surface area contributed by atoms with Crippen molar-refractivity contribution in [1.29, 1.82) is 0 Å². The molecule has 0 amide bonds. The van der Waals surface area contributed by atoms with Crippen LogP contribution in [0.25, 0.3) is 0 Å². The predicted molar refractivity (Wildman–Crippen MR) is 168 cm³/mol. The van der Waals surface area contributed by atoms with E-state index < -0.39 is 0 Å². The molecule has 0 heterocycles. The van der Waals surface area contributed by atoms with Crippen LogP contribution in [0.3, 0.4) is 0 Å². The molecule has 40 heavy (non-hydrogen) atoms. The molecule has 0 N–H and O–H groups in total. The minimum Gasteiger partial charge on any atom is -0.130 e. The van der Waals surface area contributed by atoms with Gasteiger partial charge in [0.25, 0.3) is 0 Å². The molecule has 0 aliphatic heterocycles.